The average molecular weight is 301 g/mol. The minimum absolute atomic E-state index is 0.0464. The molecule has 1 aliphatic rings. The number of hydrogen-bond donors (Lipinski definition) is 0. The van der Waals surface area contributed by atoms with Crippen molar-refractivity contribution in [1.82, 2.24) is 10.1 Å². The van der Waals surface area contributed by atoms with Gasteiger partial charge in [-0.2, -0.15) is 4.98 Å². The first-order chi connectivity index (χ1) is 10.6. The van der Waals surface area contributed by atoms with Gasteiger partial charge < -0.3 is 14.2 Å². The molecule has 2 heterocycles. The molecule has 1 fully saturated rings. The summed E-state index contributed by atoms with van der Waals surface area (Å²) in [4.78, 5) is 18.5. The zero-order valence-electron chi connectivity index (χ0n) is 13.0. The van der Waals surface area contributed by atoms with E-state index in [2.05, 4.69) is 10.1 Å². The minimum Gasteiger partial charge on any atom is -0.495 e. The number of aryl methyl sites for hydroxylation is 2. The van der Waals surface area contributed by atoms with Crippen LogP contribution in [0.25, 0.3) is 0 Å². The summed E-state index contributed by atoms with van der Waals surface area (Å²) in [5.74, 6) is 1.89. The number of carbonyl (C=O) groups excluding carboxylic acids is 1. The van der Waals surface area contributed by atoms with E-state index >= 15 is 0 Å². The number of aromatic nitrogens is 2. The van der Waals surface area contributed by atoms with E-state index in [1.165, 1.54) is 0 Å². The van der Waals surface area contributed by atoms with E-state index < -0.39 is 0 Å². The molecule has 6 heteroatoms. The Balaban J connectivity index is 1.87. The molecule has 1 saturated heterocycles. The maximum absolute atomic E-state index is 12.4. The molecule has 2 aromatic rings. The monoisotopic (exact) mass is 301 g/mol. The maximum Gasteiger partial charge on any atom is 0.232 e. The highest BCUT2D eigenvalue weighted by molar-refractivity contribution is 5.97. The van der Waals surface area contributed by atoms with Crippen LogP contribution in [0.3, 0.4) is 0 Å². The second-order valence-corrected chi connectivity index (χ2v) is 5.48. The van der Waals surface area contributed by atoms with E-state index in [0.717, 1.165) is 17.7 Å². The van der Waals surface area contributed by atoms with Crippen LogP contribution in [0.2, 0.25) is 0 Å². The molecule has 0 aliphatic carbocycles. The third kappa shape index (κ3) is 2.56. The number of amides is 1. The van der Waals surface area contributed by atoms with Gasteiger partial charge in [-0.25, -0.2) is 0 Å². The van der Waals surface area contributed by atoms with Gasteiger partial charge in [0.15, 0.2) is 5.82 Å². The van der Waals surface area contributed by atoms with Crippen LogP contribution in [0, 0.1) is 6.92 Å². The molecule has 1 amide bonds. The number of ether oxygens (including phenoxy) is 1. The molecular weight excluding hydrogens is 282 g/mol. The maximum atomic E-state index is 12.4. The summed E-state index contributed by atoms with van der Waals surface area (Å²) in [6.07, 6.45) is 1.10. The molecule has 0 spiro atoms. The number of carbonyl (C=O) groups is 1. The number of rotatable bonds is 4. The van der Waals surface area contributed by atoms with Crippen LogP contribution in [0.1, 0.15) is 36.5 Å². The fourth-order valence-electron chi connectivity index (χ4n) is 2.69. The largest absolute Gasteiger partial charge is 0.495 e. The van der Waals surface area contributed by atoms with Crippen molar-refractivity contribution in [3.05, 3.63) is 35.5 Å². The van der Waals surface area contributed by atoms with E-state index in [1.807, 2.05) is 32.0 Å². The third-order valence-electron chi connectivity index (χ3n) is 3.90. The Morgan fingerprint density at radius 1 is 1.45 bits per heavy atom. The number of anilines is 1. The molecule has 22 heavy (non-hydrogen) atoms. The third-order valence-corrected chi connectivity index (χ3v) is 3.90. The van der Waals surface area contributed by atoms with Gasteiger partial charge in [0.1, 0.15) is 5.75 Å². The fraction of sp³-hybridized carbons (Fsp3) is 0.438. The Kier molecular flexibility index (Phi) is 3.83. The van der Waals surface area contributed by atoms with E-state index in [0.29, 0.717) is 30.4 Å². The van der Waals surface area contributed by atoms with E-state index in [4.69, 9.17) is 9.26 Å². The fourth-order valence-corrected chi connectivity index (χ4v) is 2.69. The number of methoxy groups -OCH3 is 1. The van der Waals surface area contributed by atoms with Crippen LogP contribution in [-0.4, -0.2) is 29.7 Å². The van der Waals surface area contributed by atoms with E-state index in [9.17, 15) is 4.79 Å². The summed E-state index contributed by atoms with van der Waals surface area (Å²) in [6.45, 7) is 4.49. The molecule has 0 bridgehead atoms. The van der Waals surface area contributed by atoms with E-state index in [-0.39, 0.29) is 11.8 Å². The lowest BCUT2D eigenvalue weighted by Crippen LogP contribution is -2.25. The van der Waals surface area contributed by atoms with Crippen molar-refractivity contribution in [2.75, 3.05) is 18.6 Å². The summed E-state index contributed by atoms with van der Waals surface area (Å²) in [7, 11) is 1.61. The highest BCUT2D eigenvalue weighted by Crippen LogP contribution is 2.36. The van der Waals surface area contributed by atoms with Crippen LogP contribution >= 0.6 is 0 Å². The molecule has 1 aromatic heterocycles. The summed E-state index contributed by atoms with van der Waals surface area (Å²) >= 11 is 0. The highest BCUT2D eigenvalue weighted by Gasteiger charge is 2.36. The standard InChI is InChI=1S/C16H19N3O3/c1-4-14-17-16(22-18-14)11-8-15(20)19(9-11)12-7-10(2)5-6-13(12)21-3/h5-7,11H,4,8-9H2,1-3H3. The minimum atomic E-state index is -0.0643. The second kappa shape index (κ2) is 5.79. The lowest BCUT2D eigenvalue weighted by atomic mass is 10.1. The van der Waals surface area contributed by atoms with Crippen molar-refractivity contribution in [2.45, 2.75) is 32.6 Å². The lowest BCUT2D eigenvalue weighted by Gasteiger charge is -2.19. The first-order valence-electron chi connectivity index (χ1n) is 7.39. The zero-order chi connectivity index (χ0) is 15.7. The first-order valence-corrected chi connectivity index (χ1v) is 7.39. The van der Waals surface area contributed by atoms with E-state index in [1.54, 1.807) is 12.0 Å². The topological polar surface area (TPSA) is 68.5 Å². The quantitative estimate of drug-likeness (QED) is 0.867. The number of hydrogen-bond acceptors (Lipinski definition) is 5. The lowest BCUT2D eigenvalue weighted by molar-refractivity contribution is -0.117. The van der Waals surface area contributed by atoms with Crippen LogP contribution in [-0.2, 0) is 11.2 Å². The molecule has 1 atom stereocenters. The molecule has 6 nitrogen and oxygen atoms in total. The molecule has 1 unspecified atom stereocenters. The van der Waals surface area contributed by atoms with Gasteiger partial charge in [0.2, 0.25) is 11.8 Å². The smallest absolute Gasteiger partial charge is 0.232 e. The summed E-state index contributed by atoms with van der Waals surface area (Å²) < 4.78 is 10.7. The Labute approximate surface area is 129 Å². The molecule has 3 rings (SSSR count). The number of nitrogens with zero attached hydrogens (tertiary/aromatic N) is 3. The van der Waals surface area contributed by atoms with Crippen molar-refractivity contribution < 1.29 is 14.1 Å². The van der Waals surface area contributed by atoms with Crippen molar-refractivity contribution in [2.24, 2.45) is 0 Å². The Hall–Kier alpha value is -2.37. The van der Waals surface area contributed by atoms with Gasteiger partial charge in [-0.3, -0.25) is 4.79 Å². The van der Waals surface area contributed by atoms with Crippen LogP contribution in [0.5, 0.6) is 5.75 Å². The predicted octanol–water partition coefficient (Wildman–Crippen LogP) is 2.47. The summed E-state index contributed by atoms with van der Waals surface area (Å²) in [6, 6.07) is 5.81. The van der Waals surface area contributed by atoms with Crippen molar-refractivity contribution in [1.29, 1.82) is 0 Å². The molecule has 0 N–H and O–H groups in total. The van der Waals surface area contributed by atoms with Crippen LogP contribution in [0.4, 0.5) is 5.69 Å². The second-order valence-electron chi connectivity index (χ2n) is 5.48. The molecule has 1 aliphatic heterocycles. The summed E-state index contributed by atoms with van der Waals surface area (Å²) in [5.41, 5.74) is 1.88. The van der Waals surface area contributed by atoms with Gasteiger partial charge in [-0.05, 0) is 24.6 Å². The van der Waals surface area contributed by atoms with Gasteiger partial charge in [-0.15, -0.1) is 0 Å². The molecule has 1 aromatic carbocycles. The van der Waals surface area contributed by atoms with Gasteiger partial charge in [0, 0.05) is 19.4 Å². The Bertz CT molecular complexity index is 696. The van der Waals surface area contributed by atoms with Gasteiger partial charge in [0.25, 0.3) is 0 Å². The molecule has 0 radical (unpaired) electrons. The van der Waals surface area contributed by atoms with Gasteiger partial charge in [0.05, 0.1) is 18.7 Å². The van der Waals surface area contributed by atoms with Crippen molar-refractivity contribution in [3.8, 4) is 5.75 Å². The Morgan fingerprint density at radius 2 is 2.27 bits per heavy atom. The first kappa shape index (κ1) is 14.6. The predicted molar refractivity (Wildman–Crippen MR) is 81.1 cm³/mol. The Morgan fingerprint density at radius 3 is 2.95 bits per heavy atom. The highest BCUT2D eigenvalue weighted by atomic mass is 16.5. The molecule has 116 valence electrons. The SMILES string of the molecule is CCc1noc(C2CC(=O)N(c3cc(C)ccc3OC)C2)n1. The van der Waals surface area contributed by atoms with Gasteiger partial charge in [-0.1, -0.05) is 18.1 Å². The molecular formula is C16H19N3O3. The number of benzene rings is 1. The van der Waals surface area contributed by atoms with Crippen molar-refractivity contribution in [3.63, 3.8) is 0 Å². The normalized spacial score (nSPS) is 18.0. The van der Waals surface area contributed by atoms with Crippen LogP contribution < -0.4 is 9.64 Å². The van der Waals surface area contributed by atoms with Gasteiger partial charge >= 0.3 is 0 Å². The average Bonchev–Trinajstić information content (AvgIpc) is 3.13. The van der Waals surface area contributed by atoms with Crippen molar-refractivity contribution >= 4 is 11.6 Å². The van der Waals surface area contributed by atoms with Crippen LogP contribution in [0.15, 0.2) is 22.7 Å². The summed E-state index contributed by atoms with van der Waals surface area (Å²) in [5, 5.41) is 3.91. The molecule has 0 saturated carbocycles. The zero-order valence-corrected chi connectivity index (χ0v) is 13.0.